The van der Waals surface area contributed by atoms with Crippen LogP contribution in [0.4, 0.5) is 4.39 Å². The fourth-order valence-corrected chi connectivity index (χ4v) is 3.15. The number of rotatable bonds is 3. The average molecular weight is 283 g/mol. The molecule has 1 aromatic heterocycles. The zero-order valence-electron chi connectivity index (χ0n) is 10.8. The number of aromatic nitrogens is 1. The maximum absolute atomic E-state index is 13.3. The summed E-state index contributed by atoms with van der Waals surface area (Å²) in [5.74, 6) is 0.299. The molecule has 0 spiro atoms. The first-order valence-corrected chi connectivity index (χ1v) is 6.99. The number of nitrogens with one attached hydrogen (secondary N) is 1. The second-order valence-electron chi connectivity index (χ2n) is 5.21. The first-order chi connectivity index (χ1) is 9.14. The van der Waals surface area contributed by atoms with Crippen molar-refractivity contribution in [1.82, 2.24) is 10.3 Å². The van der Waals surface area contributed by atoms with Gasteiger partial charge in [0, 0.05) is 12.6 Å². The predicted molar refractivity (Wildman–Crippen MR) is 73.0 cm³/mol. The van der Waals surface area contributed by atoms with Crippen LogP contribution in [0.15, 0.2) is 16.5 Å². The molecule has 0 amide bonds. The molecular weight excluding hydrogens is 267 g/mol. The lowest BCUT2D eigenvalue weighted by molar-refractivity contribution is 0.331. The first-order valence-electron chi connectivity index (χ1n) is 6.61. The van der Waals surface area contributed by atoms with Gasteiger partial charge in [0.05, 0.1) is 10.4 Å². The molecule has 1 aliphatic rings. The monoisotopic (exact) mass is 282 g/mol. The molecule has 2 heterocycles. The van der Waals surface area contributed by atoms with E-state index < -0.39 is 0 Å². The molecule has 19 heavy (non-hydrogen) atoms. The van der Waals surface area contributed by atoms with Gasteiger partial charge in [-0.3, -0.25) is 0 Å². The summed E-state index contributed by atoms with van der Waals surface area (Å²) in [5, 5.41) is 3.64. The van der Waals surface area contributed by atoms with Crippen molar-refractivity contribution < 1.29 is 8.81 Å². The van der Waals surface area contributed by atoms with Gasteiger partial charge in [0.1, 0.15) is 11.3 Å². The first kappa shape index (κ1) is 12.9. The van der Waals surface area contributed by atoms with Crippen LogP contribution in [-0.4, -0.2) is 18.1 Å². The third kappa shape index (κ3) is 2.13. The molecule has 0 saturated carbocycles. The minimum absolute atomic E-state index is 0.0758. The van der Waals surface area contributed by atoms with Gasteiger partial charge in [-0.2, -0.15) is 0 Å². The summed E-state index contributed by atoms with van der Waals surface area (Å²) in [6.45, 7) is 3.96. The number of halogens is 2. The lowest BCUT2D eigenvalue weighted by Gasteiger charge is -2.23. The predicted octanol–water partition coefficient (Wildman–Crippen LogP) is 3.65. The van der Waals surface area contributed by atoms with Crippen LogP contribution in [0.5, 0.6) is 0 Å². The molecule has 1 unspecified atom stereocenters. The second kappa shape index (κ2) is 4.76. The van der Waals surface area contributed by atoms with E-state index in [1.165, 1.54) is 12.1 Å². The Labute approximate surface area is 116 Å². The van der Waals surface area contributed by atoms with Gasteiger partial charge in [0.2, 0.25) is 5.89 Å². The summed E-state index contributed by atoms with van der Waals surface area (Å²) in [4.78, 5) is 4.48. The summed E-state index contributed by atoms with van der Waals surface area (Å²) < 4.78 is 19.2. The molecule has 1 atom stereocenters. The Hall–Kier alpha value is -1.13. The zero-order valence-corrected chi connectivity index (χ0v) is 11.6. The van der Waals surface area contributed by atoms with E-state index in [9.17, 15) is 4.39 Å². The highest BCUT2D eigenvalue weighted by Crippen LogP contribution is 2.37. The van der Waals surface area contributed by atoms with Crippen LogP contribution in [0, 0.1) is 5.82 Å². The van der Waals surface area contributed by atoms with Crippen LogP contribution in [-0.2, 0) is 5.41 Å². The normalized spacial score (nSPS) is 23.3. The molecule has 3 nitrogen and oxygen atoms in total. The van der Waals surface area contributed by atoms with Gasteiger partial charge in [-0.15, -0.1) is 0 Å². The van der Waals surface area contributed by atoms with Crippen LogP contribution >= 0.6 is 11.6 Å². The van der Waals surface area contributed by atoms with Crippen molar-refractivity contribution in [2.24, 2.45) is 0 Å². The largest absolute Gasteiger partial charge is 0.438 e. The van der Waals surface area contributed by atoms with E-state index in [0.717, 1.165) is 32.4 Å². The standard InChI is InChI=1S/C14H16ClFN2O/c1-2-3-14(4-5-17-8-14)13-18-11-7-9(16)6-10(15)12(11)19-13/h6-7,17H,2-5,8H2,1H3. The van der Waals surface area contributed by atoms with Crippen LogP contribution in [0.2, 0.25) is 5.02 Å². The molecule has 5 heteroatoms. The van der Waals surface area contributed by atoms with Crippen molar-refractivity contribution in [3.63, 3.8) is 0 Å². The Morgan fingerprint density at radius 2 is 2.37 bits per heavy atom. The number of fused-ring (bicyclic) bond motifs is 1. The number of oxazole rings is 1. The molecule has 0 aliphatic carbocycles. The number of hydrogen-bond acceptors (Lipinski definition) is 3. The molecular formula is C14H16ClFN2O. The van der Waals surface area contributed by atoms with E-state index in [2.05, 4.69) is 17.2 Å². The molecule has 0 radical (unpaired) electrons. The minimum Gasteiger partial charge on any atom is -0.438 e. The Bertz CT molecular complexity index is 605. The maximum Gasteiger partial charge on any atom is 0.203 e. The lowest BCUT2D eigenvalue weighted by atomic mass is 9.82. The van der Waals surface area contributed by atoms with E-state index in [-0.39, 0.29) is 16.3 Å². The Morgan fingerprint density at radius 3 is 3.05 bits per heavy atom. The van der Waals surface area contributed by atoms with Gasteiger partial charge < -0.3 is 9.73 Å². The van der Waals surface area contributed by atoms with Crippen molar-refractivity contribution in [2.75, 3.05) is 13.1 Å². The summed E-state index contributed by atoms with van der Waals surface area (Å²) in [6.07, 6.45) is 3.06. The maximum atomic E-state index is 13.3. The van der Waals surface area contributed by atoms with E-state index >= 15 is 0 Å². The highest BCUT2D eigenvalue weighted by atomic mass is 35.5. The van der Waals surface area contributed by atoms with E-state index in [4.69, 9.17) is 16.0 Å². The van der Waals surface area contributed by atoms with Gasteiger partial charge in [-0.25, -0.2) is 9.37 Å². The van der Waals surface area contributed by atoms with Gasteiger partial charge >= 0.3 is 0 Å². The smallest absolute Gasteiger partial charge is 0.203 e. The summed E-state index contributed by atoms with van der Waals surface area (Å²) in [5.41, 5.74) is 0.913. The van der Waals surface area contributed by atoms with Crippen LogP contribution in [0.25, 0.3) is 11.1 Å². The van der Waals surface area contributed by atoms with E-state index in [0.29, 0.717) is 17.0 Å². The summed E-state index contributed by atoms with van der Waals surface area (Å²) >= 11 is 6.02. The number of benzene rings is 1. The van der Waals surface area contributed by atoms with Gasteiger partial charge in [-0.1, -0.05) is 24.9 Å². The van der Waals surface area contributed by atoms with Gasteiger partial charge in [0.15, 0.2) is 5.58 Å². The highest BCUT2D eigenvalue weighted by molar-refractivity contribution is 6.34. The average Bonchev–Trinajstić information content (AvgIpc) is 2.96. The Morgan fingerprint density at radius 1 is 1.53 bits per heavy atom. The summed E-state index contributed by atoms with van der Waals surface area (Å²) in [6, 6.07) is 2.63. The number of nitrogens with zero attached hydrogens (tertiary/aromatic N) is 1. The van der Waals surface area contributed by atoms with Gasteiger partial charge in [0.25, 0.3) is 0 Å². The zero-order chi connectivity index (χ0) is 13.5. The van der Waals surface area contributed by atoms with Crippen molar-refractivity contribution in [1.29, 1.82) is 0 Å². The molecule has 3 rings (SSSR count). The fraction of sp³-hybridized carbons (Fsp3) is 0.500. The Kier molecular flexibility index (Phi) is 3.23. The van der Waals surface area contributed by atoms with Crippen molar-refractivity contribution in [3.05, 3.63) is 28.9 Å². The lowest BCUT2D eigenvalue weighted by Crippen LogP contribution is -2.29. The van der Waals surface area contributed by atoms with Gasteiger partial charge in [-0.05, 0) is 25.5 Å². The molecule has 1 saturated heterocycles. The number of hydrogen-bond donors (Lipinski definition) is 1. The SMILES string of the molecule is CCCC1(c2nc3cc(F)cc(Cl)c3o2)CCNC1. The van der Waals surface area contributed by atoms with Crippen LogP contribution < -0.4 is 5.32 Å². The van der Waals surface area contributed by atoms with Crippen molar-refractivity contribution in [3.8, 4) is 0 Å². The van der Waals surface area contributed by atoms with Crippen molar-refractivity contribution >= 4 is 22.7 Å². The molecule has 1 aromatic carbocycles. The topological polar surface area (TPSA) is 38.1 Å². The quantitative estimate of drug-likeness (QED) is 0.934. The van der Waals surface area contributed by atoms with Crippen LogP contribution in [0.3, 0.4) is 0 Å². The summed E-state index contributed by atoms with van der Waals surface area (Å²) in [7, 11) is 0. The molecule has 1 N–H and O–H groups in total. The molecule has 1 aliphatic heterocycles. The molecule has 0 bridgehead atoms. The molecule has 1 fully saturated rings. The third-order valence-corrected chi connectivity index (χ3v) is 4.12. The Balaban J connectivity index is 2.11. The van der Waals surface area contributed by atoms with Crippen molar-refractivity contribution in [2.45, 2.75) is 31.6 Å². The second-order valence-corrected chi connectivity index (χ2v) is 5.62. The fourth-order valence-electron chi connectivity index (χ4n) is 2.91. The molecule has 102 valence electrons. The van der Waals surface area contributed by atoms with E-state index in [1.807, 2.05) is 0 Å². The third-order valence-electron chi connectivity index (χ3n) is 3.84. The van der Waals surface area contributed by atoms with E-state index in [1.54, 1.807) is 0 Å². The highest BCUT2D eigenvalue weighted by Gasteiger charge is 2.39. The molecule has 2 aromatic rings. The minimum atomic E-state index is -0.383. The van der Waals surface area contributed by atoms with Crippen LogP contribution in [0.1, 0.15) is 32.1 Å².